The highest BCUT2D eigenvalue weighted by atomic mass is 16.6. The highest BCUT2D eigenvalue weighted by molar-refractivity contribution is 5.18. The molecule has 1 aromatic heterocycles. The average Bonchev–Trinajstić information content (AvgIpc) is 3.28. The van der Waals surface area contributed by atoms with E-state index in [4.69, 9.17) is 14.2 Å². The van der Waals surface area contributed by atoms with Gasteiger partial charge in [-0.25, -0.2) is 4.79 Å². The maximum Gasteiger partial charge on any atom is 0.330 e. The molecule has 3 aromatic rings. The molecule has 184 valence electrons. The van der Waals surface area contributed by atoms with Gasteiger partial charge < -0.3 is 14.2 Å². The molecule has 1 N–H and O–H groups in total. The second-order valence-electron chi connectivity index (χ2n) is 9.86. The van der Waals surface area contributed by atoms with Crippen LogP contribution >= 0.6 is 0 Å². The monoisotopic (exact) mass is 476 g/mol. The molecule has 2 heterocycles. The van der Waals surface area contributed by atoms with Crippen LogP contribution in [0.25, 0.3) is 0 Å². The molecule has 1 aliphatic heterocycles. The molecule has 0 radical (unpaired) electrons. The lowest BCUT2D eigenvalue weighted by Crippen LogP contribution is -2.49. The minimum atomic E-state index is -0.720. The largest absolute Gasteiger partial charge is 0.374 e. The molecule has 0 amide bonds. The predicted octanol–water partition coefficient (Wildman–Crippen LogP) is 3.82. The molecule has 2 aromatic carbocycles. The molecule has 0 spiro atoms. The van der Waals surface area contributed by atoms with Crippen LogP contribution < -0.4 is 11.2 Å². The van der Waals surface area contributed by atoms with Gasteiger partial charge in [-0.15, -0.1) is 0 Å². The Labute approximate surface area is 204 Å². The van der Waals surface area contributed by atoms with Crippen LogP contribution in [0.4, 0.5) is 0 Å². The van der Waals surface area contributed by atoms with Crippen molar-refractivity contribution in [3.63, 3.8) is 0 Å². The number of hydrogen-bond acceptors (Lipinski definition) is 5. The van der Waals surface area contributed by atoms with Crippen LogP contribution in [0.15, 0.2) is 76.4 Å². The first kappa shape index (κ1) is 23.7. The minimum absolute atomic E-state index is 0.0722. The lowest BCUT2D eigenvalue weighted by Gasteiger charge is -2.39. The van der Waals surface area contributed by atoms with Crippen LogP contribution in [-0.2, 0) is 27.4 Å². The van der Waals surface area contributed by atoms with Gasteiger partial charge in [-0.05, 0) is 29.9 Å². The van der Waals surface area contributed by atoms with Crippen LogP contribution in [0, 0.1) is 24.7 Å². The molecule has 35 heavy (non-hydrogen) atoms. The van der Waals surface area contributed by atoms with Crippen LogP contribution in [0.2, 0.25) is 0 Å². The summed E-state index contributed by atoms with van der Waals surface area (Å²) in [6.07, 6.45) is 0.773. The van der Waals surface area contributed by atoms with Crippen LogP contribution in [0.5, 0.6) is 0 Å². The maximum atomic E-state index is 12.8. The summed E-state index contributed by atoms with van der Waals surface area (Å²) in [5, 5.41) is 0. The normalized spacial score (nSPS) is 29.5. The van der Waals surface area contributed by atoms with Crippen molar-refractivity contribution in [2.24, 2.45) is 17.8 Å². The summed E-state index contributed by atoms with van der Waals surface area (Å²) in [5.41, 5.74) is 1.06. The predicted molar refractivity (Wildman–Crippen MR) is 132 cm³/mol. The smallest absolute Gasteiger partial charge is 0.330 e. The van der Waals surface area contributed by atoms with Gasteiger partial charge in [-0.2, -0.15) is 0 Å². The number of benzene rings is 2. The average molecular weight is 477 g/mol. The minimum Gasteiger partial charge on any atom is -0.374 e. The lowest BCUT2D eigenvalue weighted by molar-refractivity contribution is -0.193. The summed E-state index contributed by atoms with van der Waals surface area (Å²) in [6.45, 7) is 7.30. The quantitative estimate of drug-likeness (QED) is 0.535. The summed E-state index contributed by atoms with van der Waals surface area (Å²) >= 11 is 0. The Morgan fingerprint density at radius 3 is 2.26 bits per heavy atom. The van der Waals surface area contributed by atoms with Gasteiger partial charge in [0, 0.05) is 17.7 Å². The van der Waals surface area contributed by atoms with Gasteiger partial charge in [0.1, 0.15) is 11.8 Å². The van der Waals surface area contributed by atoms with Gasteiger partial charge in [-0.1, -0.05) is 74.5 Å². The molecule has 2 aliphatic rings. The fourth-order valence-corrected chi connectivity index (χ4v) is 5.71. The van der Waals surface area contributed by atoms with Crippen molar-refractivity contribution in [3.05, 3.63) is 104 Å². The third kappa shape index (κ3) is 4.29. The summed E-state index contributed by atoms with van der Waals surface area (Å²) in [6, 6.07) is 20.1. The van der Waals surface area contributed by atoms with Gasteiger partial charge >= 0.3 is 5.69 Å². The molecule has 7 nitrogen and oxygen atoms in total. The van der Waals surface area contributed by atoms with E-state index in [1.54, 1.807) is 13.1 Å². The number of nitrogens with zero attached hydrogens (tertiary/aromatic N) is 1. The van der Waals surface area contributed by atoms with Crippen LogP contribution in [0.1, 0.15) is 36.8 Å². The van der Waals surface area contributed by atoms with E-state index in [9.17, 15) is 9.59 Å². The number of fused-ring (bicyclic) bond motifs is 2. The van der Waals surface area contributed by atoms with E-state index in [0.29, 0.717) is 25.4 Å². The van der Waals surface area contributed by atoms with Crippen molar-refractivity contribution >= 4 is 0 Å². The first-order chi connectivity index (χ1) is 16.9. The number of nitrogens with one attached hydrogen (secondary N) is 1. The van der Waals surface area contributed by atoms with E-state index in [-0.39, 0.29) is 29.4 Å². The van der Waals surface area contributed by atoms with Crippen molar-refractivity contribution < 1.29 is 14.2 Å². The second kappa shape index (κ2) is 9.57. The highest BCUT2D eigenvalue weighted by Crippen LogP contribution is 2.59. The van der Waals surface area contributed by atoms with Crippen molar-refractivity contribution in [2.45, 2.75) is 51.9 Å². The lowest BCUT2D eigenvalue weighted by atomic mass is 9.85. The highest BCUT2D eigenvalue weighted by Gasteiger charge is 2.68. The fraction of sp³-hybridized carbons (Fsp3) is 0.429. The number of aryl methyl sites for hydroxylation is 1. The molecule has 2 fully saturated rings. The molecule has 1 aliphatic carbocycles. The van der Waals surface area contributed by atoms with E-state index in [2.05, 4.69) is 18.8 Å². The zero-order chi connectivity index (χ0) is 24.6. The molecule has 0 unspecified atom stereocenters. The number of rotatable bonds is 8. The number of ether oxygens (including phenoxy) is 3. The van der Waals surface area contributed by atoms with Gasteiger partial charge in [-0.3, -0.25) is 14.3 Å². The number of H-pyrrole nitrogens is 1. The molecule has 1 saturated heterocycles. The molecular formula is C28H32N2O5. The van der Waals surface area contributed by atoms with Crippen molar-refractivity contribution in [1.29, 1.82) is 0 Å². The number of aromatic nitrogens is 2. The first-order valence-corrected chi connectivity index (χ1v) is 12.2. The Morgan fingerprint density at radius 1 is 0.971 bits per heavy atom. The molecule has 1 saturated carbocycles. The Hall–Kier alpha value is -3.00. The number of aromatic amines is 1. The Kier molecular flexibility index (Phi) is 6.49. The molecular weight excluding hydrogens is 444 g/mol. The Bertz CT molecular complexity index is 1270. The third-order valence-electron chi connectivity index (χ3n) is 7.80. The molecule has 6 atom stereocenters. The molecule has 5 rings (SSSR count). The third-order valence-corrected chi connectivity index (χ3v) is 7.80. The fourth-order valence-electron chi connectivity index (χ4n) is 5.71. The topological polar surface area (TPSA) is 82.6 Å². The zero-order valence-electron chi connectivity index (χ0n) is 20.3. The van der Waals surface area contributed by atoms with Crippen molar-refractivity contribution in [1.82, 2.24) is 9.55 Å². The summed E-state index contributed by atoms with van der Waals surface area (Å²) < 4.78 is 21.0. The van der Waals surface area contributed by atoms with E-state index in [1.165, 1.54) is 4.57 Å². The van der Waals surface area contributed by atoms with Crippen LogP contribution in [-0.4, -0.2) is 27.9 Å². The SMILES string of the molecule is Cc1cn([C@@H]2O[C@@]3(COCc4ccccc4)[C@H](C)[C@@H](C)[C@@H]2[C@@H]3OCc2ccccc2)c(=O)[nH]c1=O. The van der Waals surface area contributed by atoms with Crippen LogP contribution in [0.3, 0.4) is 0 Å². The first-order valence-electron chi connectivity index (χ1n) is 12.2. The summed E-state index contributed by atoms with van der Waals surface area (Å²) in [4.78, 5) is 27.2. The van der Waals surface area contributed by atoms with E-state index in [1.807, 2.05) is 60.7 Å². The van der Waals surface area contributed by atoms with Gasteiger partial charge in [0.05, 0.1) is 25.9 Å². The van der Waals surface area contributed by atoms with E-state index in [0.717, 1.165) is 11.1 Å². The second-order valence-corrected chi connectivity index (χ2v) is 9.86. The van der Waals surface area contributed by atoms with Crippen molar-refractivity contribution in [2.75, 3.05) is 6.61 Å². The summed E-state index contributed by atoms with van der Waals surface area (Å²) in [7, 11) is 0. The standard InChI is InChI=1S/C28H32N2O5/c1-18-14-30(27(32)29-25(18)31)26-23-19(2)20(3)28(35-26,17-33-15-21-10-6-4-7-11-21)24(23)34-16-22-12-8-5-9-13-22/h4-14,19-20,23-24,26H,15-17H2,1-3H3,(H,29,31,32)/t19-,20-,23-,24+,26-,28+/m1/s1. The van der Waals surface area contributed by atoms with E-state index >= 15 is 0 Å². The zero-order valence-corrected chi connectivity index (χ0v) is 20.3. The molecule has 2 bridgehead atoms. The Balaban J connectivity index is 1.47. The van der Waals surface area contributed by atoms with Crippen molar-refractivity contribution in [3.8, 4) is 0 Å². The Morgan fingerprint density at radius 2 is 1.60 bits per heavy atom. The number of hydrogen-bond donors (Lipinski definition) is 1. The van der Waals surface area contributed by atoms with Gasteiger partial charge in [0.15, 0.2) is 0 Å². The van der Waals surface area contributed by atoms with Gasteiger partial charge in [0.2, 0.25) is 0 Å². The maximum absolute atomic E-state index is 12.8. The van der Waals surface area contributed by atoms with E-state index < -0.39 is 17.5 Å². The molecule has 7 heteroatoms. The summed E-state index contributed by atoms with van der Waals surface area (Å²) in [5.74, 6) is 0.297. The van der Waals surface area contributed by atoms with Gasteiger partial charge in [0.25, 0.3) is 5.56 Å².